The molecule has 0 aliphatic rings. The van der Waals surface area contributed by atoms with Crippen LogP contribution in [0.4, 0.5) is 0 Å². The van der Waals surface area contributed by atoms with Crippen molar-refractivity contribution in [3.05, 3.63) is 18.2 Å². The Labute approximate surface area is 144 Å². The van der Waals surface area contributed by atoms with Gasteiger partial charge in [-0.25, -0.2) is 9.78 Å². The second-order valence-electron chi connectivity index (χ2n) is 6.09. The summed E-state index contributed by atoms with van der Waals surface area (Å²) in [5.74, 6) is -0.471. The molecule has 0 fully saturated rings. The fraction of sp³-hybridized carbons (Fsp3) is 0.722. The van der Waals surface area contributed by atoms with Crippen LogP contribution >= 0.6 is 0 Å². The highest BCUT2D eigenvalue weighted by atomic mass is 16.5. The van der Waals surface area contributed by atoms with Crippen molar-refractivity contribution in [2.45, 2.75) is 77.7 Å². The third kappa shape index (κ3) is 8.70. The number of H-pyrrole nitrogens is 1. The van der Waals surface area contributed by atoms with E-state index in [9.17, 15) is 9.59 Å². The molecule has 1 rings (SSSR count). The van der Waals surface area contributed by atoms with Gasteiger partial charge in [0, 0.05) is 24.7 Å². The van der Waals surface area contributed by atoms with Gasteiger partial charge >= 0.3 is 5.97 Å². The zero-order chi connectivity index (χ0) is 17.6. The maximum Gasteiger partial charge on any atom is 0.329 e. The third-order valence-electron chi connectivity index (χ3n) is 3.85. The van der Waals surface area contributed by atoms with Crippen molar-refractivity contribution < 1.29 is 14.3 Å². The molecular weight excluding hydrogens is 306 g/mol. The van der Waals surface area contributed by atoms with Gasteiger partial charge in [0.2, 0.25) is 5.91 Å². The molecule has 0 aliphatic heterocycles. The minimum atomic E-state index is -0.662. The fourth-order valence-corrected chi connectivity index (χ4v) is 2.38. The average Bonchev–Trinajstić information content (AvgIpc) is 3.07. The molecule has 2 N–H and O–H groups in total. The number of aromatic nitrogens is 2. The van der Waals surface area contributed by atoms with Gasteiger partial charge in [0.15, 0.2) is 0 Å². The van der Waals surface area contributed by atoms with Gasteiger partial charge in [-0.05, 0) is 12.8 Å². The van der Waals surface area contributed by atoms with Gasteiger partial charge in [-0.3, -0.25) is 4.79 Å². The van der Waals surface area contributed by atoms with Gasteiger partial charge in [-0.15, -0.1) is 0 Å². The Kier molecular flexibility index (Phi) is 10.6. The number of aromatic amines is 1. The van der Waals surface area contributed by atoms with Crippen LogP contribution in [0.2, 0.25) is 0 Å². The summed E-state index contributed by atoms with van der Waals surface area (Å²) in [7, 11) is 0. The quantitative estimate of drug-likeness (QED) is 0.428. The van der Waals surface area contributed by atoms with Crippen LogP contribution in [-0.2, 0) is 20.7 Å². The van der Waals surface area contributed by atoms with Gasteiger partial charge < -0.3 is 15.0 Å². The van der Waals surface area contributed by atoms with E-state index in [1.165, 1.54) is 12.8 Å². The summed E-state index contributed by atoms with van der Waals surface area (Å²) in [6, 6.07) is -0.662. The second kappa shape index (κ2) is 12.6. The zero-order valence-corrected chi connectivity index (χ0v) is 15.0. The van der Waals surface area contributed by atoms with Crippen molar-refractivity contribution in [1.29, 1.82) is 0 Å². The number of nitrogens with zero attached hydrogens (tertiary/aromatic N) is 1. The molecule has 0 saturated heterocycles. The van der Waals surface area contributed by atoms with Crippen LogP contribution in [0.1, 0.15) is 70.9 Å². The largest absolute Gasteiger partial charge is 0.464 e. The summed E-state index contributed by atoms with van der Waals surface area (Å²) in [6.45, 7) is 4.59. The Morgan fingerprint density at radius 1 is 1.17 bits per heavy atom. The maximum absolute atomic E-state index is 12.2. The first kappa shape index (κ1) is 20.2. The molecule has 6 nitrogen and oxygen atoms in total. The van der Waals surface area contributed by atoms with Gasteiger partial charge in [-0.1, -0.05) is 46.0 Å². The first-order valence-electron chi connectivity index (χ1n) is 9.10. The van der Waals surface area contributed by atoms with Crippen molar-refractivity contribution in [1.82, 2.24) is 15.3 Å². The molecule has 136 valence electrons. The molecule has 1 atom stereocenters. The Bertz CT molecular complexity index is 460. The van der Waals surface area contributed by atoms with E-state index in [2.05, 4.69) is 22.2 Å². The number of carbonyl (C=O) groups is 2. The molecule has 24 heavy (non-hydrogen) atoms. The van der Waals surface area contributed by atoms with Crippen molar-refractivity contribution in [3.8, 4) is 0 Å². The molecule has 1 amide bonds. The summed E-state index contributed by atoms with van der Waals surface area (Å²) in [5.41, 5.74) is 0.802. The number of amides is 1. The lowest BCUT2D eigenvalue weighted by Crippen LogP contribution is -2.43. The molecule has 0 aliphatic carbocycles. The Hall–Kier alpha value is -1.85. The van der Waals surface area contributed by atoms with Gasteiger partial charge in [0.05, 0.1) is 12.9 Å². The average molecular weight is 337 g/mol. The molecule has 0 unspecified atom stereocenters. The molecule has 0 aromatic carbocycles. The Morgan fingerprint density at radius 2 is 1.92 bits per heavy atom. The number of hydrogen-bond acceptors (Lipinski definition) is 4. The van der Waals surface area contributed by atoms with Crippen LogP contribution in [0.25, 0.3) is 0 Å². The molecule has 6 heteroatoms. The number of rotatable bonds is 13. The third-order valence-corrected chi connectivity index (χ3v) is 3.85. The summed E-state index contributed by atoms with van der Waals surface area (Å²) in [5, 5.41) is 2.81. The molecule has 0 saturated carbocycles. The van der Waals surface area contributed by atoms with Crippen molar-refractivity contribution >= 4 is 11.9 Å². The smallest absolute Gasteiger partial charge is 0.329 e. The minimum Gasteiger partial charge on any atom is -0.464 e. The second-order valence-corrected chi connectivity index (χ2v) is 6.09. The highest BCUT2D eigenvalue weighted by Gasteiger charge is 2.23. The number of ether oxygens (including phenoxy) is 1. The van der Waals surface area contributed by atoms with E-state index in [1.807, 2.05) is 6.92 Å². The first-order valence-corrected chi connectivity index (χ1v) is 9.10. The molecule has 1 aromatic heterocycles. The van der Waals surface area contributed by atoms with E-state index in [-0.39, 0.29) is 11.9 Å². The number of hydrogen-bond donors (Lipinski definition) is 2. The zero-order valence-electron chi connectivity index (χ0n) is 15.0. The van der Waals surface area contributed by atoms with Crippen LogP contribution in [-0.4, -0.2) is 34.5 Å². The van der Waals surface area contributed by atoms with E-state index >= 15 is 0 Å². The number of esters is 1. The lowest BCUT2D eigenvalue weighted by molar-refractivity contribution is -0.148. The molecule has 0 spiro atoms. The first-order chi connectivity index (χ1) is 11.7. The van der Waals surface area contributed by atoms with E-state index in [0.29, 0.717) is 19.4 Å². The number of imidazole rings is 1. The molecule has 0 radical (unpaired) electrons. The summed E-state index contributed by atoms with van der Waals surface area (Å²) < 4.78 is 5.26. The predicted molar refractivity (Wildman–Crippen MR) is 93.5 cm³/mol. The van der Waals surface area contributed by atoms with E-state index < -0.39 is 6.04 Å². The highest BCUT2D eigenvalue weighted by molar-refractivity contribution is 5.84. The molecule has 1 aromatic rings. The Balaban J connectivity index is 2.44. The number of carbonyl (C=O) groups excluding carboxylic acids is 2. The standard InChI is InChI=1S/C18H31N3O3/c1-3-5-7-8-9-10-17(22)21-16(12-15-13-19-14-20-15)18(23)24-11-6-4-2/h13-14,16H,3-12H2,1-2H3,(H,19,20)(H,21,22)/t16-/m0/s1. The molecule has 1 heterocycles. The molecule has 0 bridgehead atoms. The minimum absolute atomic E-state index is 0.0940. The lowest BCUT2D eigenvalue weighted by Gasteiger charge is -2.17. The number of unbranched alkanes of at least 4 members (excludes halogenated alkanes) is 5. The van der Waals surface area contributed by atoms with Crippen molar-refractivity contribution in [2.24, 2.45) is 0 Å². The Morgan fingerprint density at radius 3 is 2.58 bits per heavy atom. The summed E-state index contributed by atoms with van der Waals surface area (Å²) in [6.07, 6.45) is 11.3. The van der Waals surface area contributed by atoms with Crippen LogP contribution < -0.4 is 5.32 Å². The van der Waals surface area contributed by atoms with Gasteiger partial charge in [-0.2, -0.15) is 0 Å². The van der Waals surface area contributed by atoms with Gasteiger partial charge in [0.25, 0.3) is 0 Å². The lowest BCUT2D eigenvalue weighted by atomic mass is 10.1. The normalized spacial score (nSPS) is 11.9. The van der Waals surface area contributed by atoms with Crippen LogP contribution in [0, 0.1) is 0 Å². The van der Waals surface area contributed by atoms with Crippen molar-refractivity contribution in [2.75, 3.05) is 6.61 Å². The van der Waals surface area contributed by atoms with Crippen LogP contribution in [0.5, 0.6) is 0 Å². The topological polar surface area (TPSA) is 84.1 Å². The van der Waals surface area contributed by atoms with E-state index in [4.69, 9.17) is 4.74 Å². The monoisotopic (exact) mass is 337 g/mol. The highest BCUT2D eigenvalue weighted by Crippen LogP contribution is 2.06. The van der Waals surface area contributed by atoms with Crippen molar-refractivity contribution in [3.63, 3.8) is 0 Å². The maximum atomic E-state index is 12.2. The SMILES string of the molecule is CCCCCCCC(=O)N[C@@H](Cc1cnc[nH]1)C(=O)OCCCC. The van der Waals surface area contributed by atoms with E-state index in [1.54, 1.807) is 12.5 Å². The molecular formula is C18H31N3O3. The fourth-order valence-electron chi connectivity index (χ4n) is 2.38. The predicted octanol–water partition coefficient (Wildman–Crippen LogP) is 3.14. The van der Waals surface area contributed by atoms with Crippen LogP contribution in [0.15, 0.2) is 12.5 Å². The number of nitrogens with one attached hydrogen (secondary N) is 2. The summed E-state index contributed by atoms with van der Waals surface area (Å²) in [4.78, 5) is 31.2. The summed E-state index contributed by atoms with van der Waals surface area (Å²) >= 11 is 0. The van der Waals surface area contributed by atoms with E-state index in [0.717, 1.165) is 37.8 Å². The van der Waals surface area contributed by atoms with Crippen LogP contribution in [0.3, 0.4) is 0 Å². The van der Waals surface area contributed by atoms with Gasteiger partial charge in [0.1, 0.15) is 6.04 Å².